The Balaban J connectivity index is 0.000000176. The summed E-state index contributed by atoms with van der Waals surface area (Å²) in [5.41, 5.74) is 1.57. The number of aryl methyl sites for hydroxylation is 2. The van der Waals surface area contributed by atoms with Crippen LogP contribution in [0.5, 0.6) is 11.5 Å². The molecule has 2 aliphatic heterocycles. The second-order valence-corrected chi connectivity index (χ2v) is 19.6. The highest BCUT2D eigenvalue weighted by molar-refractivity contribution is 7.14. The van der Waals surface area contributed by atoms with E-state index in [9.17, 15) is 36.9 Å². The number of hydrogen-bond donors (Lipinski definition) is 1. The number of halogens is 7. The second-order valence-electron chi connectivity index (χ2n) is 17.3. The van der Waals surface area contributed by atoms with Crippen LogP contribution in [0, 0.1) is 34.5 Å². The maximum Gasteiger partial charge on any atom is 0.419 e. The van der Waals surface area contributed by atoms with Crippen LogP contribution in [-0.2, 0) is 26.4 Å². The predicted molar refractivity (Wildman–Crippen MR) is 267 cm³/mol. The van der Waals surface area contributed by atoms with Gasteiger partial charge in [0.2, 0.25) is 0 Å². The van der Waals surface area contributed by atoms with Crippen molar-refractivity contribution in [3.05, 3.63) is 111 Å². The van der Waals surface area contributed by atoms with Gasteiger partial charge in [0.25, 0.3) is 0 Å². The Morgan fingerprint density at radius 3 is 1.56 bits per heavy atom. The van der Waals surface area contributed by atoms with Gasteiger partial charge in [-0.25, -0.2) is 29.9 Å². The van der Waals surface area contributed by atoms with Crippen LogP contribution < -0.4 is 19.7 Å². The summed E-state index contributed by atoms with van der Waals surface area (Å²) in [5.74, 6) is 0.476. The van der Waals surface area contributed by atoms with Gasteiger partial charge in [0, 0.05) is 61.5 Å². The number of ether oxygens (including phenoxy) is 2. The normalized spacial score (nSPS) is 14.5. The Kier molecular flexibility index (Phi) is 16.8. The van der Waals surface area contributed by atoms with Crippen LogP contribution in [0.4, 0.5) is 31.5 Å². The number of fused-ring (bicyclic) bond motifs is 2. The van der Waals surface area contributed by atoms with Crippen LogP contribution in [-0.4, -0.2) is 78.4 Å². The van der Waals surface area contributed by atoms with Crippen molar-refractivity contribution in [2.75, 3.05) is 44.3 Å². The molecule has 0 unspecified atom stereocenters. The van der Waals surface area contributed by atoms with Crippen molar-refractivity contribution in [3.8, 4) is 46.2 Å². The Morgan fingerprint density at radius 1 is 0.671 bits per heavy atom. The van der Waals surface area contributed by atoms with Crippen molar-refractivity contribution in [1.29, 1.82) is 10.5 Å². The van der Waals surface area contributed by atoms with Crippen molar-refractivity contribution in [2.24, 2.45) is 25.9 Å². The average molecular weight is 1060 g/mol. The van der Waals surface area contributed by atoms with Gasteiger partial charge in [-0.3, -0.25) is 0 Å². The number of aromatic nitrogens is 8. The molecule has 8 heterocycles. The van der Waals surface area contributed by atoms with Gasteiger partial charge in [0.1, 0.15) is 34.7 Å². The van der Waals surface area contributed by atoms with E-state index in [4.69, 9.17) is 21.1 Å². The molecule has 0 bridgehead atoms. The summed E-state index contributed by atoms with van der Waals surface area (Å²) in [5, 5.41) is 26.9. The second kappa shape index (κ2) is 23.4. The molecule has 10 rings (SSSR count). The number of nitriles is 2. The van der Waals surface area contributed by atoms with Gasteiger partial charge in [-0.05, 0) is 112 Å². The van der Waals surface area contributed by atoms with Crippen LogP contribution in [0.25, 0.3) is 44.6 Å². The summed E-state index contributed by atoms with van der Waals surface area (Å²) in [6.45, 7) is 4.10. The first-order chi connectivity index (χ1) is 35.1. The Bertz CT molecular complexity index is 3210. The molecule has 8 aromatic rings. The van der Waals surface area contributed by atoms with Crippen molar-refractivity contribution in [3.63, 3.8) is 0 Å². The van der Waals surface area contributed by atoms with Gasteiger partial charge >= 0.3 is 12.4 Å². The molecule has 14 nitrogen and oxygen atoms in total. The molecule has 2 saturated heterocycles. The molecule has 73 heavy (non-hydrogen) atoms. The molecule has 0 aliphatic carbocycles. The number of imidazole rings is 2. The lowest BCUT2D eigenvalue weighted by Gasteiger charge is -2.31. The van der Waals surface area contributed by atoms with E-state index in [0.717, 1.165) is 75.5 Å². The summed E-state index contributed by atoms with van der Waals surface area (Å²) in [6.07, 6.45) is 2.72. The minimum Gasteiger partial charge on any atom is -0.493 e. The van der Waals surface area contributed by atoms with Crippen molar-refractivity contribution < 1.29 is 35.8 Å². The molecule has 0 amide bonds. The smallest absolute Gasteiger partial charge is 0.419 e. The number of alkyl halides is 6. The number of hydrogen-bond acceptors (Lipinski definition) is 14. The largest absolute Gasteiger partial charge is 0.493 e. The molecule has 0 spiro atoms. The van der Waals surface area contributed by atoms with E-state index in [2.05, 4.69) is 40.1 Å². The molecule has 6 aromatic heterocycles. The molecule has 1 N–H and O–H groups in total. The SMILES string of the molecule is Clc1nccs1.Cn1cnc2c(C#N)nc(-c3ccc(OCCC4CCN(c5nccs5)CC4)c(C(F)(F)F)c3)cc21.Cn1cnc2c(C#N)nc(-c3ccc(OCCC4CCNCC4)c(C(F)(F)F)c3)cc21. The fraction of sp³-hybridized carbons (Fsp3) is 0.360. The molecule has 2 aromatic carbocycles. The molecule has 0 atom stereocenters. The first kappa shape index (κ1) is 52.5. The van der Waals surface area contributed by atoms with Crippen LogP contribution in [0.15, 0.2) is 84.3 Å². The summed E-state index contributed by atoms with van der Waals surface area (Å²) in [4.78, 5) is 27.1. The fourth-order valence-corrected chi connectivity index (χ4v) is 9.88. The van der Waals surface area contributed by atoms with Crippen LogP contribution in [0.1, 0.15) is 61.0 Å². The number of thiazole rings is 2. The number of anilines is 1. The zero-order valence-electron chi connectivity index (χ0n) is 39.4. The topological polar surface area (TPSA) is 169 Å². The fourth-order valence-electron chi connectivity index (χ4n) is 8.61. The number of pyridine rings is 2. The Labute approximate surface area is 428 Å². The van der Waals surface area contributed by atoms with Crippen LogP contribution in [0.3, 0.4) is 0 Å². The average Bonchev–Trinajstić information content (AvgIpc) is 4.24. The number of rotatable bonds is 11. The van der Waals surface area contributed by atoms with Gasteiger partial charge in [-0.2, -0.15) is 36.9 Å². The van der Waals surface area contributed by atoms with Crippen LogP contribution >= 0.6 is 34.3 Å². The Morgan fingerprint density at radius 2 is 1.15 bits per heavy atom. The van der Waals surface area contributed by atoms with Gasteiger partial charge < -0.3 is 28.8 Å². The lowest BCUT2D eigenvalue weighted by atomic mass is 9.94. The van der Waals surface area contributed by atoms with Crippen LogP contribution in [0.2, 0.25) is 4.47 Å². The minimum atomic E-state index is -4.60. The number of benzene rings is 2. The molecule has 2 aliphatic rings. The first-order valence-corrected chi connectivity index (χ1v) is 25.3. The third kappa shape index (κ3) is 13.0. The number of nitrogens with one attached hydrogen (secondary N) is 1. The highest BCUT2D eigenvalue weighted by Gasteiger charge is 2.36. The monoisotopic (exact) mass is 1060 g/mol. The van der Waals surface area contributed by atoms with E-state index in [0.29, 0.717) is 44.8 Å². The van der Waals surface area contributed by atoms with E-state index >= 15 is 0 Å². The summed E-state index contributed by atoms with van der Waals surface area (Å²) in [7, 11) is 3.50. The molecule has 23 heteroatoms. The summed E-state index contributed by atoms with van der Waals surface area (Å²) in [6, 6.07) is 15.0. The number of piperidine rings is 2. The zero-order valence-corrected chi connectivity index (χ0v) is 41.8. The standard InChI is InChI=1S/C25H23F3N6OS.C22H22F3N5O.C3H2ClNS/c1-33-15-31-23-20(14-29)32-19(13-21(23)33)17-2-3-22(18(12-17)25(26,27)28)35-10-6-16-4-8-34(9-5-16)24-30-7-11-36-24;1-30-13-28-21-18(12-26)29-17(11-19(21)30)15-2-3-20(16(10-15)22(23,24)25)31-9-6-14-4-7-27-8-5-14;4-3-5-1-2-6-3/h2-3,7,11-13,15-16H,4-6,8-10H2,1H3;2-3,10-11,13-14,27H,4-9H2,1H3;1-2H. The minimum absolute atomic E-state index is 0.0675. The van der Waals surface area contributed by atoms with Gasteiger partial charge in [-0.15, -0.1) is 22.7 Å². The quantitative estimate of drug-likeness (QED) is 0.122. The van der Waals surface area contributed by atoms with E-state index in [-0.39, 0.29) is 58.6 Å². The molecule has 0 saturated carbocycles. The summed E-state index contributed by atoms with van der Waals surface area (Å²) < 4.78 is 98.3. The molecular weight excluding hydrogens is 1010 g/mol. The molecule has 0 radical (unpaired) electrons. The molecule has 380 valence electrons. The van der Waals surface area contributed by atoms with Crippen molar-refractivity contribution >= 4 is 61.5 Å². The van der Waals surface area contributed by atoms with E-state index < -0.39 is 23.5 Å². The third-order valence-electron chi connectivity index (χ3n) is 12.5. The highest BCUT2D eigenvalue weighted by atomic mass is 35.5. The van der Waals surface area contributed by atoms with Crippen molar-refractivity contribution in [2.45, 2.75) is 50.9 Å². The Hall–Kier alpha value is -6.85. The first-order valence-electron chi connectivity index (χ1n) is 23.1. The van der Waals surface area contributed by atoms with E-state index in [1.807, 2.05) is 22.9 Å². The maximum atomic E-state index is 13.9. The lowest BCUT2D eigenvalue weighted by molar-refractivity contribution is -0.139. The molecular formula is C50H47ClF6N12O2S2. The molecule has 2 fully saturated rings. The number of nitrogens with zero attached hydrogens (tertiary/aromatic N) is 11. The lowest BCUT2D eigenvalue weighted by Crippen LogP contribution is -2.34. The van der Waals surface area contributed by atoms with E-state index in [1.165, 1.54) is 36.1 Å². The highest BCUT2D eigenvalue weighted by Crippen LogP contribution is 2.41. The van der Waals surface area contributed by atoms with Gasteiger partial charge in [-0.1, -0.05) is 11.6 Å². The maximum absolute atomic E-state index is 13.9. The summed E-state index contributed by atoms with van der Waals surface area (Å²) >= 11 is 8.41. The predicted octanol–water partition coefficient (Wildman–Crippen LogP) is 11.8. The van der Waals surface area contributed by atoms with Gasteiger partial charge in [0.15, 0.2) is 21.0 Å². The zero-order chi connectivity index (χ0) is 51.7. The third-order valence-corrected chi connectivity index (χ3v) is 14.3. The van der Waals surface area contributed by atoms with Crippen molar-refractivity contribution in [1.82, 2.24) is 44.4 Å². The van der Waals surface area contributed by atoms with E-state index in [1.54, 1.807) is 71.2 Å². The van der Waals surface area contributed by atoms with Gasteiger partial charge in [0.05, 0.1) is 59.4 Å².